The molecule has 1 fully saturated rings. The second-order valence-corrected chi connectivity index (χ2v) is 4.29. The van der Waals surface area contributed by atoms with Crippen LogP contribution in [0, 0.1) is 0 Å². The predicted octanol–water partition coefficient (Wildman–Crippen LogP) is 4.21. The van der Waals surface area contributed by atoms with Crippen LogP contribution in [0.5, 0.6) is 0 Å². The molecule has 1 heterocycles. The van der Waals surface area contributed by atoms with Crippen molar-refractivity contribution in [2.24, 2.45) is 0 Å². The molecule has 0 radical (unpaired) electrons. The number of alkyl halides is 3. The molecule has 17 heavy (non-hydrogen) atoms. The Hall–Kier alpha value is -0.450. The molecule has 0 bridgehead atoms. The van der Waals surface area contributed by atoms with Crippen LogP contribution in [0.15, 0.2) is 18.2 Å². The maximum atomic E-state index is 12.6. The van der Waals surface area contributed by atoms with Gasteiger partial charge >= 0.3 is 6.18 Å². The molecule has 2 rings (SSSR count). The van der Waals surface area contributed by atoms with E-state index in [2.05, 4.69) is 5.32 Å². The van der Waals surface area contributed by atoms with E-state index in [9.17, 15) is 13.2 Å². The van der Waals surface area contributed by atoms with Crippen LogP contribution in [0.2, 0.25) is 5.02 Å². The third-order valence-corrected chi connectivity index (χ3v) is 3.09. The van der Waals surface area contributed by atoms with Gasteiger partial charge in [-0.25, -0.2) is 0 Å². The molecule has 0 aromatic heterocycles. The van der Waals surface area contributed by atoms with Crippen LogP contribution in [0.4, 0.5) is 13.2 Å². The molecule has 1 aliphatic rings. The van der Waals surface area contributed by atoms with Crippen molar-refractivity contribution in [3.05, 3.63) is 34.3 Å². The van der Waals surface area contributed by atoms with Crippen molar-refractivity contribution in [1.82, 2.24) is 5.32 Å². The average Bonchev–Trinajstić information content (AvgIpc) is 2.69. The van der Waals surface area contributed by atoms with Crippen molar-refractivity contribution in [3.63, 3.8) is 0 Å². The van der Waals surface area contributed by atoms with Crippen molar-refractivity contribution in [3.8, 4) is 0 Å². The van der Waals surface area contributed by atoms with Crippen LogP contribution < -0.4 is 5.32 Å². The van der Waals surface area contributed by atoms with Gasteiger partial charge in [0.25, 0.3) is 0 Å². The van der Waals surface area contributed by atoms with Gasteiger partial charge in [0, 0.05) is 6.04 Å². The second kappa shape index (κ2) is 5.46. The fourth-order valence-corrected chi connectivity index (χ4v) is 2.17. The van der Waals surface area contributed by atoms with E-state index in [4.69, 9.17) is 11.6 Å². The summed E-state index contributed by atoms with van der Waals surface area (Å²) >= 11 is 5.55. The van der Waals surface area contributed by atoms with Crippen LogP contribution in [0.1, 0.15) is 30.0 Å². The zero-order chi connectivity index (χ0) is 11.8. The fraction of sp³-hybridized carbons (Fsp3) is 0.455. The smallest absolute Gasteiger partial charge is 0.310 e. The summed E-state index contributed by atoms with van der Waals surface area (Å²) in [4.78, 5) is 0. The predicted molar refractivity (Wildman–Crippen MR) is 63.7 cm³/mol. The molecule has 1 nitrogen and oxygen atoms in total. The Morgan fingerprint density at radius 2 is 2.00 bits per heavy atom. The zero-order valence-corrected chi connectivity index (χ0v) is 10.4. The van der Waals surface area contributed by atoms with Crippen LogP contribution in [-0.2, 0) is 6.18 Å². The number of hydrogen-bond acceptors (Lipinski definition) is 1. The van der Waals surface area contributed by atoms with Gasteiger partial charge in [0.05, 0.1) is 10.6 Å². The summed E-state index contributed by atoms with van der Waals surface area (Å²) < 4.78 is 37.8. The number of hydrogen-bond donors (Lipinski definition) is 1. The summed E-state index contributed by atoms with van der Waals surface area (Å²) in [7, 11) is 0. The maximum absolute atomic E-state index is 12.6. The Kier molecular flexibility index (Phi) is 4.69. The van der Waals surface area contributed by atoms with E-state index in [1.165, 1.54) is 6.07 Å². The lowest BCUT2D eigenvalue weighted by Gasteiger charge is -2.14. The molecule has 1 N–H and O–H groups in total. The molecule has 0 saturated carbocycles. The Morgan fingerprint density at radius 3 is 2.53 bits per heavy atom. The summed E-state index contributed by atoms with van der Waals surface area (Å²) in [5.41, 5.74) is -0.0883. The van der Waals surface area contributed by atoms with Crippen molar-refractivity contribution in [2.45, 2.75) is 25.1 Å². The molecule has 0 spiro atoms. The zero-order valence-electron chi connectivity index (χ0n) is 8.85. The largest absolute Gasteiger partial charge is 0.417 e. The molecule has 1 atom stereocenters. The molecule has 1 saturated heterocycles. The molecule has 6 heteroatoms. The molecule has 1 aliphatic heterocycles. The number of nitrogens with one attached hydrogen (secondary N) is 1. The van der Waals surface area contributed by atoms with Crippen LogP contribution >= 0.6 is 24.0 Å². The van der Waals surface area contributed by atoms with Gasteiger partial charge in [0.15, 0.2) is 0 Å². The SMILES string of the molecule is Cl.FC(F)(F)c1cc([C@H]2CCCN2)ccc1Cl. The van der Waals surface area contributed by atoms with E-state index in [0.717, 1.165) is 25.5 Å². The van der Waals surface area contributed by atoms with Crippen LogP contribution in [0.25, 0.3) is 0 Å². The lowest BCUT2D eigenvalue weighted by molar-refractivity contribution is -0.137. The van der Waals surface area contributed by atoms with Gasteiger partial charge in [-0.3, -0.25) is 0 Å². The number of rotatable bonds is 1. The van der Waals surface area contributed by atoms with Gasteiger partial charge in [-0.1, -0.05) is 17.7 Å². The summed E-state index contributed by atoms with van der Waals surface area (Å²) in [6, 6.07) is 4.14. The summed E-state index contributed by atoms with van der Waals surface area (Å²) in [6.07, 6.45) is -2.51. The van der Waals surface area contributed by atoms with E-state index in [-0.39, 0.29) is 23.5 Å². The van der Waals surface area contributed by atoms with Crippen molar-refractivity contribution >= 4 is 24.0 Å². The van der Waals surface area contributed by atoms with E-state index in [0.29, 0.717) is 5.56 Å². The third kappa shape index (κ3) is 3.27. The van der Waals surface area contributed by atoms with Crippen molar-refractivity contribution < 1.29 is 13.2 Å². The van der Waals surface area contributed by atoms with E-state index in [1.807, 2.05) is 0 Å². The summed E-state index contributed by atoms with van der Waals surface area (Å²) in [5, 5.41) is 2.92. The molecule has 0 aliphatic carbocycles. The molecular formula is C11H12Cl2F3N. The Labute approximate surface area is 109 Å². The Morgan fingerprint density at radius 1 is 1.29 bits per heavy atom. The highest BCUT2D eigenvalue weighted by Crippen LogP contribution is 2.37. The monoisotopic (exact) mass is 285 g/mol. The molecule has 0 unspecified atom stereocenters. The number of benzene rings is 1. The summed E-state index contributed by atoms with van der Waals surface area (Å²) in [5.74, 6) is 0. The minimum Gasteiger partial charge on any atom is -0.310 e. The van der Waals surface area contributed by atoms with Crippen molar-refractivity contribution in [2.75, 3.05) is 6.54 Å². The van der Waals surface area contributed by atoms with Crippen LogP contribution in [0.3, 0.4) is 0 Å². The average molecular weight is 286 g/mol. The Bertz CT molecular complexity index is 387. The van der Waals surface area contributed by atoms with Gasteiger partial charge in [-0.05, 0) is 37.1 Å². The molecule has 96 valence electrons. The Balaban J connectivity index is 0.00000144. The van der Waals surface area contributed by atoms with E-state index < -0.39 is 11.7 Å². The van der Waals surface area contributed by atoms with Gasteiger partial charge in [-0.2, -0.15) is 13.2 Å². The third-order valence-electron chi connectivity index (χ3n) is 2.76. The van der Waals surface area contributed by atoms with E-state index in [1.54, 1.807) is 6.07 Å². The molecule has 1 aromatic carbocycles. The molecule has 0 amide bonds. The standard InChI is InChI=1S/C11H11ClF3N.ClH/c12-9-4-3-7(10-2-1-5-16-10)6-8(9)11(13,14)15;/h3-4,6,10,16H,1-2,5H2;1H/t10-;/m1./s1. The van der Waals surface area contributed by atoms with Gasteiger partial charge in [-0.15, -0.1) is 12.4 Å². The highest BCUT2D eigenvalue weighted by atomic mass is 35.5. The van der Waals surface area contributed by atoms with Gasteiger partial charge < -0.3 is 5.32 Å². The lowest BCUT2D eigenvalue weighted by Crippen LogP contribution is -2.14. The van der Waals surface area contributed by atoms with Gasteiger partial charge in [0.1, 0.15) is 0 Å². The quantitative estimate of drug-likeness (QED) is 0.815. The maximum Gasteiger partial charge on any atom is 0.417 e. The van der Waals surface area contributed by atoms with Crippen molar-refractivity contribution in [1.29, 1.82) is 0 Å². The first-order valence-corrected chi connectivity index (χ1v) is 5.46. The normalized spacial score (nSPS) is 20.1. The van der Waals surface area contributed by atoms with Crippen LogP contribution in [-0.4, -0.2) is 6.54 Å². The minimum absolute atomic E-state index is 0. The molecule has 1 aromatic rings. The first kappa shape index (κ1) is 14.6. The second-order valence-electron chi connectivity index (χ2n) is 3.89. The first-order chi connectivity index (χ1) is 7.48. The lowest BCUT2D eigenvalue weighted by atomic mass is 10.0. The topological polar surface area (TPSA) is 12.0 Å². The highest BCUT2D eigenvalue weighted by Gasteiger charge is 2.34. The number of halogens is 5. The van der Waals surface area contributed by atoms with Gasteiger partial charge in [0.2, 0.25) is 0 Å². The fourth-order valence-electron chi connectivity index (χ4n) is 1.95. The minimum atomic E-state index is -4.38. The first-order valence-electron chi connectivity index (χ1n) is 5.08. The summed E-state index contributed by atoms with van der Waals surface area (Å²) in [6.45, 7) is 0.856. The highest BCUT2D eigenvalue weighted by molar-refractivity contribution is 6.31. The van der Waals surface area contributed by atoms with E-state index >= 15 is 0 Å². The molecular weight excluding hydrogens is 274 g/mol.